The van der Waals surface area contributed by atoms with Crippen molar-refractivity contribution in [2.75, 3.05) is 11.4 Å². The van der Waals surface area contributed by atoms with Crippen LogP contribution in [0.1, 0.15) is 33.4 Å². The molecule has 96 valence electrons. The fraction of sp³-hybridized carbons (Fsp3) is 0.615. The minimum Gasteiger partial charge on any atom is -0.390 e. The summed E-state index contributed by atoms with van der Waals surface area (Å²) in [5.41, 5.74) is 0.540. The maximum Gasteiger partial charge on any atom is 0.129 e. The largest absolute Gasteiger partial charge is 0.390 e. The van der Waals surface area contributed by atoms with Gasteiger partial charge in [-0.3, -0.25) is 0 Å². The number of hydrogen-bond donors (Lipinski definition) is 1. The average molecular weight is 257 g/mol. The van der Waals surface area contributed by atoms with E-state index in [0.717, 1.165) is 12.4 Å². The summed E-state index contributed by atoms with van der Waals surface area (Å²) in [6.45, 7) is 9.45. The Kier molecular flexibility index (Phi) is 5.22. The summed E-state index contributed by atoms with van der Waals surface area (Å²) in [6.07, 6.45) is 0. The second kappa shape index (κ2) is 6.22. The maximum absolute atomic E-state index is 9.18. The summed E-state index contributed by atoms with van der Waals surface area (Å²) >= 11 is 5.95. The van der Waals surface area contributed by atoms with Gasteiger partial charge in [0.2, 0.25) is 0 Å². The minimum atomic E-state index is -0.125. The predicted octanol–water partition coefficient (Wildman–Crippen LogP) is 3.10. The lowest BCUT2D eigenvalue weighted by molar-refractivity contribution is 0.277. The van der Waals surface area contributed by atoms with Crippen LogP contribution < -0.4 is 4.90 Å². The summed E-state index contributed by atoms with van der Waals surface area (Å²) < 4.78 is 0. The normalized spacial score (nSPS) is 11.3. The molecule has 1 aromatic rings. The fourth-order valence-electron chi connectivity index (χ4n) is 1.71. The van der Waals surface area contributed by atoms with Gasteiger partial charge in [-0.05, 0) is 31.9 Å². The number of anilines is 1. The van der Waals surface area contributed by atoms with Crippen molar-refractivity contribution >= 4 is 17.4 Å². The standard InChI is InChI=1S/C13H21ClN2O/c1-9(2)7-16(10(3)4)13-6-5-11(14)12(8-17)15-13/h5-6,9-10,17H,7-8H2,1-4H3. The van der Waals surface area contributed by atoms with E-state index in [4.69, 9.17) is 11.6 Å². The zero-order valence-corrected chi connectivity index (χ0v) is 11.7. The highest BCUT2D eigenvalue weighted by Crippen LogP contribution is 2.21. The third-order valence-corrected chi connectivity index (χ3v) is 2.88. The van der Waals surface area contributed by atoms with Gasteiger partial charge in [0.15, 0.2) is 0 Å². The molecule has 0 saturated carbocycles. The van der Waals surface area contributed by atoms with Crippen molar-refractivity contribution in [2.45, 2.75) is 40.3 Å². The van der Waals surface area contributed by atoms with E-state index in [1.165, 1.54) is 0 Å². The summed E-state index contributed by atoms with van der Waals surface area (Å²) in [6, 6.07) is 4.08. The monoisotopic (exact) mass is 256 g/mol. The lowest BCUT2D eigenvalue weighted by Gasteiger charge is -2.30. The number of hydrogen-bond acceptors (Lipinski definition) is 3. The van der Waals surface area contributed by atoms with Gasteiger partial charge in [0.1, 0.15) is 5.82 Å². The van der Waals surface area contributed by atoms with Gasteiger partial charge < -0.3 is 10.0 Å². The first-order chi connectivity index (χ1) is 7.95. The lowest BCUT2D eigenvalue weighted by Crippen LogP contribution is -2.34. The van der Waals surface area contributed by atoms with E-state index in [1.54, 1.807) is 6.07 Å². The van der Waals surface area contributed by atoms with Crippen LogP contribution in [-0.2, 0) is 6.61 Å². The topological polar surface area (TPSA) is 36.4 Å². The maximum atomic E-state index is 9.18. The van der Waals surface area contributed by atoms with Gasteiger partial charge >= 0.3 is 0 Å². The number of pyridine rings is 1. The van der Waals surface area contributed by atoms with E-state index in [2.05, 4.69) is 37.6 Å². The third-order valence-electron chi connectivity index (χ3n) is 2.53. The van der Waals surface area contributed by atoms with Crippen molar-refractivity contribution in [3.63, 3.8) is 0 Å². The molecule has 1 heterocycles. The Morgan fingerprint density at radius 3 is 2.41 bits per heavy atom. The zero-order valence-electron chi connectivity index (χ0n) is 10.9. The molecule has 0 bridgehead atoms. The van der Waals surface area contributed by atoms with E-state index in [1.807, 2.05) is 6.07 Å². The summed E-state index contributed by atoms with van der Waals surface area (Å²) in [5, 5.41) is 9.70. The molecule has 1 N–H and O–H groups in total. The molecule has 0 amide bonds. The SMILES string of the molecule is CC(C)CN(c1ccc(Cl)c(CO)n1)C(C)C. The van der Waals surface area contributed by atoms with Crippen molar-refractivity contribution < 1.29 is 5.11 Å². The number of halogens is 1. The van der Waals surface area contributed by atoms with E-state index in [0.29, 0.717) is 22.7 Å². The van der Waals surface area contributed by atoms with Gasteiger partial charge in [0.05, 0.1) is 17.3 Å². The van der Waals surface area contributed by atoms with Crippen LogP contribution in [0.5, 0.6) is 0 Å². The molecule has 0 spiro atoms. The third kappa shape index (κ3) is 3.86. The number of aliphatic hydroxyl groups excluding tert-OH is 1. The van der Waals surface area contributed by atoms with Crippen LogP contribution in [0.3, 0.4) is 0 Å². The Bertz CT molecular complexity index is 366. The highest BCUT2D eigenvalue weighted by Gasteiger charge is 2.14. The van der Waals surface area contributed by atoms with Crippen molar-refractivity contribution in [2.24, 2.45) is 5.92 Å². The number of nitrogens with zero attached hydrogens (tertiary/aromatic N) is 2. The predicted molar refractivity (Wildman–Crippen MR) is 72.5 cm³/mol. The van der Waals surface area contributed by atoms with E-state index in [9.17, 15) is 5.11 Å². The molecule has 17 heavy (non-hydrogen) atoms. The Morgan fingerprint density at radius 1 is 1.29 bits per heavy atom. The number of aromatic nitrogens is 1. The molecule has 0 aliphatic heterocycles. The Labute approximate surface area is 108 Å². The molecule has 3 nitrogen and oxygen atoms in total. The molecule has 0 saturated heterocycles. The summed E-state index contributed by atoms with van der Waals surface area (Å²) in [4.78, 5) is 6.63. The van der Waals surface area contributed by atoms with E-state index in [-0.39, 0.29) is 6.61 Å². The molecule has 1 rings (SSSR count). The van der Waals surface area contributed by atoms with Gasteiger partial charge in [0, 0.05) is 12.6 Å². The first kappa shape index (κ1) is 14.3. The minimum absolute atomic E-state index is 0.125. The Balaban J connectivity index is 3.01. The second-order valence-electron chi connectivity index (χ2n) is 4.90. The van der Waals surface area contributed by atoms with Crippen LogP contribution in [-0.4, -0.2) is 22.7 Å². The summed E-state index contributed by atoms with van der Waals surface area (Å²) in [7, 11) is 0. The molecule has 0 radical (unpaired) electrons. The van der Waals surface area contributed by atoms with Crippen molar-refractivity contribution in [3.05, 3.63) is 22.8 Å². The number of rotatable bonds is 5. The van der Waals surface area contributed by atoms with Crippen molar-refractivity contribution in [1.82, 2.24) is 4.98 Å². The zero-order chi connectivity index (χ0) is 13.0. The summed E-state index contributed by atoms with van der Waals surface area (Å²) in [5.74, 6) is 1.44. The molecule has 0 fully saturated rings. The van der Waals surface area contributed by atoms with E-state index < -0.39 is 0 Å². The van der Waals surface area contributed by atoms with Gasteiger partial charge in [-0.15, -0.1) is 0 Å². The van der Waals surface area contributed by atoms with Crippen molar-refractivity contribution in [1.29, 1.82) is 0 Å². The molecular weight excluding hydrogens is 236 g/mol. The second-order valence-corrected chi connectivity index (χ2v) is 5.30. The first-order valence-electron chi connectivity index (χ1n) is 5.98. The van der Waals surface area contributed by atoms with Crippen LogP contribution in [0.15, 0.2) is 12.1 Å². The van der Waals surface area contributed by atoms with Crippen LogP contribution >= 0.6 is 11.6 Å². The smallest absolute Gasteiger partial charge is 0.129 e. The van der Waals surface area contributed by atoms with Crippen LogP contribution in [0.2, 0.25) is 5.02 Å². The molecule has 0 aromatic carbocycles. The van der Waals surface area contributed by atoms with Crippen LogP contribution in [0.25, 0.3) is 0 Å². The van der Waals surface area contributed by atoms with Crippen molar-refractivity contribution in [3.8, 4) is 0 Å². The Morgan fingerprint density at radius 2 is 1.94 bits per heavy atom. The van der Waals surface area contributed by atoms with Gasteiger partial charge in [-0.25, -0.2) is 4.98 Å². The van der Waals surface area contributed by atoms with Crippen LogP contribution in [0, 0.1) is 5.92 Å². The van der Waals surface area contributed by atoms with Crippen LogP contribution in [0.4, 0.5) is 5.82 Å². The number of aliphatic hydroxyl groups is 1. The fourth-order valence-corrected chi connectivity index (χ4v) is 1.87. The molecular formula is C13H21ClN2O. The first-order valence-corrected chi connectivity index (χ1v) is 6.36. The molecule has 1 aromatic heterocycles. The van der Waals surface area contributed by atoms with E-state index >= 15 is 0 Å². The van der Waals surface area contributed by atoms with Gasteiger partial charge in [-0.2, -0.15) is 0 Å². The molecule has 0 atom stereocenters. The molecule has 0 unspecified atom stereocenters. The molecule has 0 aliphatic rings. The average Bonchev–Trinajstić information content (AvgIpc) is 2.26. The molecule has 4 heteroatoms. The van der Waals surface area contributed by atoms with Gasteiger partial charge in [-0.1, -0.05) is 25.4 Å². The Hall–Kier alpha value is -0.800. The molecule has 0 aliphatic carbocycles. The lowest BCUT2D eigenvalue weighted by atomic mass is 10.1. The highest BCUT2D eigenvalue weighted by atomic mass is 35.5. The highest BCUT2D eigenvalue weighted by molar-refractivity contribution is 6.31. The van der Waals surface area contributed by atoms with Gasteiger partial charge in [0.25, 0.3) is 0 Å². The quantitative estimate of drug-likeness (QED) is 0.880.